The van der Waals surface area contributed by atoms with Crippen LogP contribution >= 0.6 is 23.4 Å². The molecule has 0 aliphatic rings. The molecule has 1 amide bonds. The highest BCUT2D eigenvalue weighted by molar-refractivity contribution is 8.00. The minimum Gasteiger partial charge on any atom is -0.324 e. The van der Waals surface area contributed by atoms with Gasteiger partial charge in [-0.05, 0) is 38.1 Å². The summed E-state index contributed by atoms with van der Waals surface area (Å²) in [4.78, 5) is 29.6. The third kappa shape index (κ3) is 3.76. The number of fused-ring (bicyclic) bond motifs is 1. The normalized spacial score (nSPS) is 12.2. The summed E-state index contributed by atoms with van der Waals surface area (Å²) in [6, 6.07) is 12.6. The lowest BCUT2D eigenvalue weighted by Crippen LogP contribution is -2.25. The Balaban J connectivity index is 1.85. The molecule has 134 valence electrons. The Kier molecular flexibility index (Phi) is 5.34. The van der Waals surface area contributed by atoms with Crippen LogP contribution < -0.4 is 10.9 Å². The quantitative estimate of drug-likeness (QED) is 0.542. The van der Waals surface area contributed by atoms with E-state index in [2.05, 4.69) is 10.3 Å². The van der Waals surface area contributed by atoms with E-state index in [1.807, 2.05) is 25.1 Å². The second-order valence-electron chi connectivity index (χ2n) is 6.01. The third-order valence-electron chi connectivity index (χ3n) is 3.97. The van der Waals surface area contributed by atoms with Crippen LogP contribution in [0.2, 0.25) is 5.02 Å². The Morgan fingerprint density at radius 3 is 2.73 bits per heavy atom. The Labute approximate surface area is 160 Å². The summed E-state index contributed by atoms with van der Waals surface area (Å²) in [5.74, 6) is -0.207. The Hall–Kier alpha value is -2.31. The molecule has 0 aliphatic heterocycles. The first-order chi connectivity index (χ1) is 12.4. The van der Waals surface area contributed by atoms with Crippen LogP contribution in [-0.2, 0) is 11.8 Å². The fourth-order valence-corrected chi connectivity index (χ4v) is 3.54. The molecule has 1 atom stereocenters. The molecule has 0 radical (unpaired) electrons. The standard InChI is InChI=1S/C19H18ClN3O2S/c1-11-8-9-15-13(10-11)18(25)23(3)19(22-15)26-12(2)17(24)21-16-7-5-4-6-14(16)20/h4-10,12H,1-3H3,(H,21,24)/t12-/m0/s1. The number of halogens is 1. The van der Waals surface area contributed by atoms with E-state index < -0.39 is 5.25 Å². The van der Waals surface area contributed by atoms with Crippen LogP contribution in [0.4, 0.5) is 5.69 Å². The Morgan fingerprint density at radius 2 is 2.00 bits per heavy atom. The Bertz CT molecular complexity index is 1050. The summed E-state index contributed by atoms with van der Waals surface area (Å²) in [6.07, 6.45) is 0. The van der Waals surface area contributed by atoms with Gasteiger partial charge in [-0.3, -0.25) is 14.2 Å². The zero-order chi connectivity index (χ0) is 18.8. The minimum atomic E-state index is -0.452. The van der Waals surface area contributed by atoms with Gasteiger partial charge in [-0.1, -0.05) is 47.1 Å². The van der Waals surface area contributed by atoms with Gasteiger partial charge in [0, 0.05) is 7.05 Å². The number of thioether (sulfide) groups is 1. The number of para-hydroxylation sites is 1. The zero-order valence-electron chi connectivity index (χ0n) is 14.6. The average Bonchev–Trinajstić information content (AvgIpc) is 2.62. The van der Waals surface area contributed by atoms with Crippen molar-refractivity contribution in [1.82, 2.24) is 9.55 Å². The van der Waals surface area contributed by atoms with Crippen LogP contribution in [0.25, 0.3) is 10.9 Å². The molecule has 3 rings (SSSR count). The monoisotopic (exact) mass is 387 g/mol. The predicted molar refractivity (Wildman–Crippen MR) is 107 cm³/mol. The van der Waals surface area contributed by atoms with Gasteiger partial charge in [0.15, 0.2) is 5.16 Å². The molecular formula is C19H18ClN3O2S. The van der Waals surface area contributed by atoms with Crippen molar-refractivity contribution in [1.29, 1.82) is 0 Å². The van der Waals surface area contributed by atoms with Gasteiger partial charge < -0.3 is 5.32 Å². The van der Waals surface area contributed by atoms with Gasteiger partial charge in [0.25, 0.3) is 5.56 Å². The number of rotatable bonds is 4. The van der Waals surface area contributed by atoms with Crippen molar-refractivity contribution in [3.05, 3.63) is 63.4 Å². The van der Waals surface area contributed by atoms with E-state index in [-0.39, 0.29) is 11.5 Å². The highest BCUT2D eigenvalue weighted by atomic mass is 35.5. The molecule has 1 aromatic heterocycles. The number of anilines is 1. The van der Waals surface area contributed by atoms with E-state index in [9.17, 15) is 9.59 Å². The lowest BCUT2D eigenvalue weighted by molar-refractivity contribution is -0.115. The van der Waals surface area contributed by atoms with Crippen molar-refractivity contribution in [3.63, 3.8) is 0 Å². The average molecular weight is 388 g/mol. The number of nitrogens with one attached hydrogen (secondary N) is 1. The highest BCUT2D eigenvalue weighted by Crippen LogP contribution is 2.25. The largest absolute Gasteiger partial charge is 0.324 e. The number of nitrogens with zero attached hydrogens (tertiary/aromatic N) is 2. The molecule has 0 fully saturated rings. The van der Waals surface area contributed by atoms with Gasteiger partial charge in [0.05, 0.1) is 26.9 Å². The molecule has 0 saturated heterocycles. The fraction of sp³-hybridized carbons (Fsp3) is 0.211. The summed E-state index contributed by atoms with van der Waals surface area (Å²) in [5, 5.41) is 3.89. The number of hydrogen-bond donors (Lipinski definition) is 1. The fourth-order valence-electron chi connectivity index (χ4n) is 2.48. The maximum absolute atomic E-state index is 12.6. The lowest BCUT2D eigenvalue weighted by Gasteiger charge is -2.14. The van der Waals surface area contributed by atoms with Gasteiger partial charge in [-0.2, -0.15) is 0 Å². The molecule has 0 unspecified atom stereocenters. The smallest absolute Gasteiger partial charge is 0.261 e. The van der Waals surface area contributed by atoms with Crippen LogP contribution in [0.3, 0.4) is 0 Å². The van der Waals surface area contributed by atoms with Gasteiger partial charge in [0.2, 0.25) is 5.91 Å². The summed E-state index contributed by atoms with van der Waals surface area (Å²) in [5.41, 5.74) is 2.06. The molecule has 3 aromatic rings. The molecule has 5 nitrogen and oxygen atoms in total. The molecule has 0 saturated carbocycles. The van der Waals surface area contributed by atoms with Crippen LogP contribution in [0.1, 0.15) is 12.5 Å². The van der Waals surface area contributed by atoms with Crippen molar-refractivity contribution >= 4 is 45.9 Å². The molecule has 1 heterocycles. The molecule has 2 aromatic carbocycles. The molecule has 1 N–H and O–H groups in total. The van der Waals surface area contributed by atoms with E-state index in [4.69, 9.17) is 11.6 Å². The summed E-state index contributed by atoms with van der Waals surface area (Å²) in [7, 11) is 1.66. The maximum Gasteiger partial charge on any atom is 0.261 e. The van der Waals surface area contributed by atoms with E-state index >= 15 is 0 Å². The molecule has 26 heavy (non-hydrogen) atoms. The molecular weight excluding hydrogens is 370 g/mol. The van der Waals surface area contributed by atoms with Gasteiger partial charge in [-0.15, -0.1) is 0 Å². The van der Waals surface area contributed by atoms with E-state index in [0.717, 1.165) is 5.56 Å². The SMILES string of the molecule is Cc1ccc2nc(S[C@@H](C)C(=O)Nc3ccccc3Cl)n(C)c(=O)c2c1. The van der Waals surface area contributed by atoms with Crippen molar-refractivity contribution in [3.8, 4) is 0 Å². The van der Waals surface area contributed by atoms with Crippen LogP contribution in [0.15, 0.2) is 52.4 Å². The van der Waals surface area contributed by atoms with Gasteiger partial charge in [-0.25, -0.2) is 4.98 Å². The second-order valence-corrected chi connectivity index (χ2v) is 7.72. The van der Waals surface area contributed by atoms with Crippen molar-refractivity contribution in [2.45, 2.75) is 24.3 Å². The minimum absolute atomic E-state index is 0.125. The molecule has 0 aliphatic carbocycles. The first-order valence-electron chi connectivity index (χ1n) is 8.06. The lowest BCUT2D eigenvalue weighted by atomic mass is 10.2. The Morgan fingerprint density at radius 1 is 1.27 bits per heavy atom. The number of aryl methyl sites for hydroxylation is 1. The van der Waals surface area contributed by atoms with Crippen molar-refractivity contribution in [2.75, 3.05) is 5.32 Å². The number of amides is 1. The number of carbonyl (C=O) groups excluding carboxylic acids is 1. The summed E-state index contributed by atoms with van der Waals surface area (Å²) >= 11 is 7.31. The first-order valence-corrected chi connectivity index (χ1v) is 9.32. The molecule has 0 bridgehead atoms. The first kappa shape index (κ1) is 18.5. The van der Waals surface area contributed by atoms with E-state index in [0.29, 0.717) is 26.8 Å². The van der Waals surface area contributed by atoms with Crippen LogP contribution in [-0.4, -0.2) is 20.7 Å². The highest BCUT2D eigenvalue weighted by Gasteiger charge is 2.19. The summed E-state index contributed by atoms with van der Waals surface area (Å²) in [6.45, 7) is 3.70. The van der Waals surface area contributed by atoms with E-state index in [1.165, 1.54) is 16.3 Å². The molecule has 7 heteroatoms. The van der Waals surface area contributed by atoms with Gasteiger partial charge in [0.1, 0.15) is 0 Å². The predicted octanol–water partition coefficient (Wildman–Crippen LogP) is 4.01. The number of aromatic nitrogens is 2. The van der Waals surface area contributed by atoms with Gasteiger partial charge >= 0.3 is 0 Å². The second kappa shape index (κ2) is 7.51. The summed E-state index contributed by atoms with van der Waals surface area (Å²) < 4.78 is 1.48. The third-order valence-corrected chi connectivity index (χ3v) is 5.45. The number of benzene rings is 2. The topological polar surface area (TPSA) is 64.0 Å². The van der Waals surface area contributed by atoms with Crippen molar-refractivity contribution in [2.24, 2.45) is 7.05 Å². The molecule has 0 spiro atoms. The number of hydrogen-bond acceptors (Lipinski definition) is 4. The van der Waals surface area contributed by atoms with Crippen LogP contribution in [0.5, 0.6) is 0 Å². The van der Waals surface area contributed by atoms with Crippen molar-refractivity contribution < 1.29 is 4.79 Å². The maximum atomic E-state index is 12.6. The number of carbonyl (C=O) groups is 1. The van der Waals surface area contributed by atoms with E-state index in [1.54, 1.807) is 38.2 Å². The zero-order valence-corrected chi connectivity index (χ0v) is 16.2. The van der Waals surface area contributed by atoms with Crippen LogP contribution in [0, 0.1) is 6.92 Å².